The number of amides is 1. The van der Waals surface area contributed by atoms with Gasteiger partial charge in [0.1, 0.15) is 5.69 Å². The van der Waals surface area contributed by atoms with Crippen molar-refractivity contribution in [3.05, 3.63) is 76.4 Å². The predicted octanol–water partition coefficient (Wildman–Crippen LogP) is 4.45. The quantitative estimate of drug-likeness (QED) is 0.712. The van der Waals surface area contributed by atoms with Crippen LogP contribution in [-0.2, 0) is 4.74 Å². The van der Waals surface area contributed by atoms with Gasteiger partial charge >= 0.3 is 0 Å². The summed E-state index contributed by atoms with van der Waals surface area (Å²) in [5, 5.41) is 8.14. The number of carbonyl (C=O) groups is 1. The lowest BCUT2D eigenvalue weighted by molar-refractivity contribution is 0.0495. The predicted molar refractivity (Wildman–Crippen MR) is 107 cm³/mol. The van der Waals surface area contributed by atoms with E-state index in [1.807, 2.05) is 47.4 Å². The molecule has 0 spiro atoms. The molecule has 2 atom stereocenters. The average molecular weight is 394 g/mol. The molecule has 3 heterocycles. The number of nitrogens with one attached hydrogen (secondary N) is 1. The Morgan fingerprint density at radius 2 is 1.93 bits per heavy atom. The first-order valence-corrected chi connectivity index (χ1v) is 9.92. The van der Waals surface area contributed by atoms with Gasteiger partial charge in [-0.05, 0) is 30.5 Å². The fourth-order valence-corrected chi connectivity index (χ4v) is 4.33. The number of ether oxygens (including phenoxy) is 1. The summed E-state index contributed by atoms with van der Waals surface area (Å²) in [5.74, 6) is -0.0212. The van der Waals surface area contributed by atoms with Gasteiger partial charge in [-0.25, -0.2) is 0 Å². The van der Waals surface area contributed by atoms with Gasteiger partial charge < -0.3 is 9.64 Å². The number of rotatable bonds is 4. The van der Waals surface area contributed by atoms with Gasteiger partial charge in [0.05, 0.1) is 17.8 Å². The van der Waals surface area contributed by atoms with Crippen LogP contribution in [0.4, 0.5) is 0 Å². The van der Waals surface area contributed by atoms with E-state index in [2.05, 4.69) is 22.3 Å². The van der Waals surface area contributed by atoms with E-state index in [0.717, 1.165) is 41.8 Å². The van der Waals surface area contributed by atoms with Crippen LogP contribution in [0.5, 0.6) is 0 Å². The van der Waals surface area contributed by atoms with Crippen LogP contribution in [0.25, 0.3) is 11.3 Å². The monoisotopic (exact) mass is 393 g/mol. The number of carbonyl (C=O) groups excluding carboxylic acids is 1. The van der Waals surface area contributed by atoms with Gasteiger partial charge in [-0.3, -0.25) is 9.89 Å². The lowest BCUT2D eigenvalue weighted by Gasteiger charge is -2.28. The Morgan fingerprint density at radius 1 is 1.14 bits per heavy atom. The summed E-state index contributed by atoms with van der Waals surface area (Å²) < 4.78 is 5.82. The van der Waals surface area contributed by atoms with Crippen molar-refractivity contribution < 1.29 is 9.53 Å². The highest BCUT2D eigenvalue weighted by Gasteiger charge is 2.43. The number of H-pyrrole nitrogens is 1. The van der Waals surface area contributed by atoms with Gasteiger partial charge in [0.25, 0.3) is 5.91 Å². The number of hydrogen-bond acceptors (Lipinski definition) is 3. The molecule has 0 saturated carbocycles. The molecule has 28 heavy (non-hydrogen) atoms. The maximum atomic E-state index is 13.2. The van der Waals surface area contributed by atoms with Gasteiger partial charge in [0.2, 0.25) is 0 Å². The molecule has 2 unspecified atom stereocenters. The molecule has 1 fully saturated rings. The third-order valence-electron chi connectivity index (χ3n) is 5.52. The third-order valence-corrected chi connectivity index (χ3v) is 5.77. The minimum atomic E-state index is -0.183. The van der Waals surface area contributed by atoms with E-state index >= 15 is 0 Å². The Balaban J connectivity index is 1.61. The number of aromatic amines is 1. The van der Waals surface area contributed by atoms with Crippen LogP contribution >= 0.6 is 11.6 Å². The first-order chi connectivity index (χ1) is 13.7. The molecule has 142 valence electrons. The maximum Gasteiger partial charge on any atom is 0.273 e. The van der Waals surface area contributed by atoms with Crippen LogP contribution in [0, 0.1) is 0 Å². The van der Waals surface area contributed by atoms with Gasteiger partial charge in [-0.2, -0.15) is 5.10 Å². The molecule has 1 N–H and O–H groups in total. The second kappa shape index (κ2) is 7.08. The summed E-state index contributed by atoms with van der Waals surface area (Å²) >= 11 is 6.05. The number of hydrogen-bond donors (Lipinski definition) is 1. The Hall–Kier alpha value is -2.63. The van der Waals surface area contributed by atoms with E-state index < -0.39 is 0 Å². The molecule has 5 nitrogen and oxygen atoms in total. The van der Waals surface area contributed by atoms with Gasteiger partial charge in [0.15, 0.2) is 0 Å². The van der Waals surface area contributed by atoms with Crippen LogP contribution in [0.1, 0.15) is 40.5 Å². The Labute approximate surface area is 168 Å². The Morgan fingerprint density at radius 3 is 2.64 bits per heavy atom. The summed E-state index contributed by atoms with van der Waals surface area (Å²) in [5.41, 5.74) is 4.30. The number of aromatic nitrogens is 2. The molecule has 0 radical (unpaired) electrons. The van der Waals surface area contributed by atoms with E-state index in [4.69, 9.17) is 16.3 Å². The Kier molecular flexibility index (Phi) is 4.41. The lowest BCUT2D eigenvalue weighted by Crippen LogP contribution is -2.36. The van der Waals surface area contributed by atoms with Gasteiger partial charge in [-0.15, -0.1) is 0 Å². The zero-order chi connectivity index (χ0) is 19.1. The van der Waals surface area contributed by atoms with Crippen LogP contribution in [0.3, 0.4) is 0 Å². The molecule has 6 heteroatoms. The smallest absolute Gasteiger partial charge is 0.273 e. The Bertz CT molecular complexity index is 994. The van der Waals surface area contributed by atoms with Crippen molar-refractivity contribution in [2.45, 2.75) is 25.0 Å². The van der Waals surface area contributed by atoms with E-state index in [0.29, 0.717) is 17.3 Å². The molecule has 0 bridgehead atoms. The SMILES string of the molecule is O=C1c2[nH]nc(-c3ccc(Cl)cc3)c2C(c2ccccc2)N1CC1CCCO1. The molecular weight excluding hydrogens is 374 g/mol. The van der Waals surface area contributed by atoms with E-state index in [-0.39, 0.29) is 18.1 Å². The summed E-state index contributed by atoms with van der Waals surface area (Å²) in [6.07, 6.45) is 2.12. The fraction of sp³-hybridized carbons (Fsp3) is 0.273. The third kappa shape index (κ3) is 2.91. The van der Waals surface area contributed by atoms with Crippen molar-refractivity contribution in [1.82, 2.24) is 15.1 Å². The molecule has 2 aliphatic rings. The zero-order valence-electron chi connectivity index (χ0n) is 15.3. The van der Waals surface area contributed by atoms with Crippen molar-refractivity contribution >= 4 is 17.5 Å². The first kappa shape index (κ1) is 17.5. The van der Waals surface area contributed by atoms with Gasteiger partial charge in [-0.1, -0.05) is 54.1 Å². The highest BCUT2D eigenvalue weighted by molar-refractivity contribution is 6.30. The molecule has 3 aromatic rings. The number of halogens is 1. The fourth-order valence-electron chi connectivity index (χ4n) is 4.20. The summed E-state index contributed by atoms with van der Waals surface area (Å²) in [6.45, 7) is 1.35. The molecule has 0 aliphatic carbocycles. The van der Waals surface area contributed by atoms with E-state index in [1.54, 1.807) is 0 Å². The zero-order valence-corrected chi connectivity index (χ0v) is 16.0. The van der Waals surface area contributed by atoms with Crippen molar-refractivity contribution in [2.75, 3.05) is 13.2 Å². The molecule has 1 aromatic heterocycles. The lowest BCUT2D eigenvalue weighted by atomic mass is 9.96. The topological polar surface area (TPSA) is 58.2 Å². The normalized spacial score (nSPS) is 21.3. The van der Waals surface area contributed by atoms with Crippen LogP contribution in [0.2, 0.25) is 5.02 Å². The molecule has 1 saturated heterocycles. The van der Waals surface area contributed by atoms with Crippen molar-refractivity contribution in [3.8, 4) is 11.3 Å². The molecule has 5 rings (SSSR count). The summed E-state index contributed by atoms with van der Waals surface area (Å²) in [4.78, 5) is 15.2. The number of nitrogens with zero attached hydrogens (tertiary/aromatic N) is 2. The number of fused-ring (bicyclic) bond motifs is 1. The second-order valence-electron chi connectivity index (χ2n) is 7.27. The van der Waals surface area contributed by atoms with Crippen LogP contribution < -0.4 is 0 Å². The van der Waals surface area contributed by atoms with Crippen molar-refractivity contribution in [2.24, 2.45) is 0 Å². The minimum Gasteiger partial charge on any atom is -0.376 e. The molecular formula is C22H20ClN3O2. The van der Waals surface area contributed by atoms with Crippen molar-refractivity contribution in [1.29, 1.82) is 0 Å². The van der Waals surface area contributed by atoms with Crippen molar-refractivity contribution in [3.63, 3.8) is 0 Å². The summed E-state index contributed by atoms with van der Waals surface area (Å²) in [6, 6.07) is 17.5. The van der Waals surface area contributed by atoms with Crippen LogP contribution in [0.15, 0.2) is 54.6 Å². The summed E-state index contributed by atoms with van der Waals surface area (Å²) in [7, 11) is 0. The average Bonchev–Trinajstić information content (AvgIpc) is 3.43. The van der Waals surface area contributed by atoms with E-state index in [1.165, 1.54) is 0 Å². The minimum absolute atomic E-state index is 0.0212. The second-order valence-corrected chi connectivity index (χ2v) is 7.71. The van der Waals surface area contributed by atoms with Crippen LogP contribution in [-0.4, -0.2) is 40.3 Å². The highest BCUT2D eigenvalue weighted by atomic mass is 35.5. The standard InChI is InChI=1S/C22H20ClN3O2/c23-16-10-8-14(9-11-16)19-18-20(25-24-19)22(27)26(13-17-7-4-12-28-17)21(18)15-5-2-1-3-6-15/h1-3,5-6,8-11,17,21H,4,7,12-13H2,(H,24,25). The molecule has 1 amide bonds. The van der Waals surface area contributed by atoms with E-state index in [9.17, 15) is 4.79 Å². The highest BCUT2D eigenvalue weighted by Crippen LogP contribution is 2.43. The number of benzene rings is 2. The molecule has 2 aromatic carbocycles. The first-order valence-electron chi connectivity index (χ1n) is 9.54. The van der Waals surface area contributed by atoms with Gasteiger partial charge in [0, 0.05) is 29.3 Å². The maximum absolute atomic E-state index is 13.2. The molecule has 2 aliphatic heterocycles. The largest absolute Gasteiger partial charge is 0.376 e.